The molecule has 3 aromatic rings. The standard InChI is InChI=1S/C26H23N3O5/c1-26(24(31)32)14-29(15-26)23(30)22-11-10-16(12-27-22)28-25(33)34-13-21-19-8-4-2-6-17(19)18-7-3-5-9-20(18)21/h2-12,21H,13-15H2,1H3,(H,28,33)(H,31,32). The molecule has 0 spiro atoms. The summed E-state index contributed by atoms with van der Waals surface area (Å²) in [5, 5.41) is 11.8. The third kappa shape index (κ3) is 3.77. The normalized spacial score (nSPS) is 15.6. The summed E-state index contributed by atoms with van der Waals surface area (Å²) in [5.41, 5.74) is 4.24. The topological polar surface area (TPSA) is 109 Å². The Morgan fingerprint density at radius 3 is 2.21 bits per heavy atom. The first kappa shape index (κ1) is 21.6. The van der Waals surface area contributed by atoms with E-state index >= 15 is 0 Å². The van der Waals surface area contributed by atoms with Crippen LogP contribution in [0.1, 0.15) is 34.5 Å². The summed E-state index contributed by atoms with van der Waals surface area (Å²) in [4.78, 5) is 41.7. The molecule has 1 saturated heterocycles. The summed E-state index contributed by atoms with van der Waals surface area (Å²) < 4.78 is 5.52. The molecular formula is C26H23N3O5. The molecule has 34 heavy (non-hydrogen) atoms. The Kier molecular flexibility index (Phi) is 5.28. The lowest BCUT2D eigenvalue weighted by Crippen LogP contribution is -2.60. The highest BCUT2D eigenvalue weighted by Crippen LogP contribution is 2.44. The summed E-state index contributed by atoms with van der Waals surface area (Å²) in [5.74, 6) is -1.30. The number of benzene rings is 2. The van der Waals surface area contributed by atoms with E-state index < -0.39 is 17.5 Å². The third-order valence-electron chi connectivity index (χ3n) is 6.46. The van der Waals surface area contributed by atoms with Gasteiger partial charge in [-0.1, -0.05) is 48.5 Å². The van der Waals surface area contributed by atoms with Crippen molar-refractivity contribution in [1.29, 1.82) is 0 Å². The number of carbonyl (C=O) groups is 3. The van der Waals surface area contributed by atoms with Crippen molar-refractivity contribution in [3.63, 3.8) is 0 Å². The van der Waals surface area contributed by atoms with E-state index in [9.17, 15) is 19.5 Å². The van der Waals surface area contributed by atoms with Crippen molar-refractivity contribution < 1.29 is 24.2 Å². The number of nitrogens with zero attached hydrogens (tertiary/aromatic N) is 2. The van der Waals surface area contributed by atoms with Crippen LogP contribution in [0.5, 0.6) is 0 Å². The number of ether oxygens (including phenoxy) is 1. The summed E-state index contributed by atoms with van der Waals surface area (Å²) >= 11 is 0. The Balaban J connectivity index is 1.18. The summed E-state index contributed by atoms with van der Waals surface area (Å²) in [6.45, 7) is 2.08. The second-order valence-electron chi connectivity index (χ2n) is 8.91. The zero-order chi connectivity index (χ0) is 23.9. The van der Waals surface area contributed by atoms with Gasteiger partial charge in [0, 0.05) is 19.0 Å². The first-order chi connectivity index (χ1) is 16.4. The number of carbonyl (C=O) groups excluding carboxylic acids is 2. The van der Waals surface area contributed by atoms with Gasteiger partial charge in [-0.05, 0) is 41.3 Å². The molecule has 172 valence electrons. The Bertz CT molecular complexity index is 1240. The zero-order valence-electron chi connectivity index (χ0n) is 18.5. The number of hydrogen-bond donors (Lipinski definition) is 2. The molecule has 2 amide bonds. The Labute approximate surface area is 196 Å². The summed E-state index contributed by atoms with van der Waals surface area (Å²) in [6.07, 6.45) is 0.771. The van der Waals surface area contributed by atoms with E-state index in [4.69, 9.17) is 4.74 Å². The van der Waals surface area contributed by atoms with Crippen LogP contribution in [-0.4, -0.2) is 52.7 Å². The number of rotatable bonds is 5. The van der Waals surface area contributed by atoms with E-state index in [1.165, 1.54) is 17.2 Å². The van der Waals surface area contributed by atoms with Gasteiger partial charge in [0.15, 0.2) is 0 Å². The van der Waals surface area contributed by atoms with Crippen molar-refractivity contribution in [1.82, 2.24) is 9.88 Å². The minimum absolute atomic E-state index is 0.0377. The monoisotopic (exact) mass is 457 g/mol. The van der Waals surface area contributed by atoms with Crippen LogP contribution in [0.4, 0.5) is 10.5 Å². The molecule has 2 aromatic carbocycles. The molecule has 2 N–H and O–H groups in total. The molecule has 0 radical (unpaired) electrons. The van der Waals surface area contributed by atoms with Crippen LogP contribution in [0, 0.1) is 5.41 Å². The second kappa shape index (κ2) is 8.30. The first-order valence-electron chi connectivity index (χ1n) is 11.0. The quantitative estimate of drug-likeness (QED) is 0.600. The number of nitrogens with one attached hydrogen (secondary N) is 1. The van der Waals surface area contributed by atoms with E-state index in [2.05, 4.69) is 34.6 Å². The van der Waals surface area contributed by atoms with Gasteiger partial charge >= 0.3 is 12.1 Å². The average molecular weight is 457 g/mol. The zero-order valence-corrected chi connectivity index (χ0v) is 18.5. The predicted molar refractivity (Wildman–Crippen MR) is 125 cm³/mol. The molecule has 1 aliphatic heterocycles. The van der Waals surface area contributed by atoms with Gasteiger partial charge in [0.2, 0.25) is 0 Å². The number of carboxylic acids is 1. The summed E-state index contributed by atoms with van der Waals surface area (Å²) in [6, 6.07) is 19.3. The highest BCUT2D eigenvalue weighted by Gasteiger charge is 2.47. The Morgan fingerprint density at radius 2 is 1.65 bits per heavy atom. The third-order valence-corrected chi connectivity index (χ3v) is 6.46. The SMILES string of the molecule is CC1(C(=O)O)CN(C(=O)c2ccc(NC(=O)OCC3c4ccccc4-c4ccccc43)cn2)C1. The van der Waals surface area contributed by atoms with Crippen LogP contribution in [0.15, 0.2) is 66.9 Å². The Hall–Kier alpha value is -4.20. The number of fused-ring (bicyclic) bond motifs is 3. The van der Waals surface area contributed by atoms with Crippen molar-refractivity contribution in [2.45, 2.75) is 12.8 Å². The molecular weight excluding hydrogens is 434 g/mol. The number of hydrogen-bond acceptors (Lipinski definition) is 5. The van der Waals surface area contributed by atoms with Crippen molar-refractivity contribution in [3.05, 3.63) is 83.7 Å². The molecule has 0 saturated carbocycles. The van der Waals surface area contributed by atoms with E-state index in [-0.39, 0.29) is 37.2 Å². The van der Waals surface area contributed by atoms with Gasteiger partial charge in [-0.15, -0.1) is 0 Å². The van der Waals surface area contributed by atoms with Gasteiger partial charge in [-0.2, -0.15) is 0 Å². The minimum Gasteiger partial charge on any atom is -0.481 e. The van der Waals surface area contributed by atoms with Crippen molar-refractivity contribution in [2.75, 3.05) is 25.0 Å². The number of pyridine rings is 1. The number of aromatic nitrogens is 1. The fourth-order valence-electron chi connectivity index (χ4n) is 4.58. The maximum atomic E-state index is 12.5. The molecule has 2 heterocycles. The van der Waals surface area contributed by atoms with E-state index in [0.717, 1.165) is 22.3 Å². The number of amides is 2. The fourth-order valence-corrected chi connectivity index (χ4v) is 4.58. The lowest BCUT2D eigenvalue weighted by molar-refractivity contribution is -0.155. The lowest BCUT2D eigenvalue weighted by atomic mass is 9.82. The maximum absolute atomic E-state index is 12.5. The van der Waals surface area contributed by atoms with E-state index in [0.29, 0.717) is 5.69 Å². The van der Waals surface area contributed by atoms with E-state index in [1.54, 1.807) is 13.0 Å². The Morgan fingerprint density at radius 1 is 1.03 bits per heavy atom. The molecule has 8 heteroatoms. The van der Waals surface area contributed by atoms with Crippen molar-refractivity contribution in [2.24, 2.45) is 5.41 Å². The van der Waals surface area contributed by atoms with Crippen LogP contribution in [0.25, 0.3) is 11.1 Å². The second-order valence-corrected chi connectivity index (χ2v) is 8.91. The van der Waals surface area contributed by atoms with Gasteiger partial charge in [-0.25, -0.2) is 9.78 Å². The number of carboxylic acid groups (broad SMARTS) is 1. The van der Waals surface area contributed by atoms with Crippen LogP contribution >= 0.6 is 0 Å². The molecule has 5 rings (SSSR count). The van der Waals surface area contributed by atoms with Gasteiger partial charge in [0.25, 0.3) is 5.91 Å². The largest absolute Gasteiger partial charge is 0.481 e. The first-order valence-corrected chi connectivity index (χ1v) is 11.0. The molecule has 1 aliphatic carbocycles. The average Bonchev–Trinajstić information content (AvgIpc) is 3.14. The number of aliphatic carboxylic acids is 1. The van der Waals surface area contributed by atoms with E-state index in [1.807, 2.05) is 24.3 Å². The van der Waals surface area contributed by atoms with Gasteiger partial charge in [0.05, 0.1) is 11.9 Å². The molecule has 0 unspecified atom stereocenters. The molecule has 1 aromatic heterocycles. The summed E-state index contributed by atoms with van der Waals surface area (Å²) in [7, 11) is 0. The predicted octanol–water partition coefficient (Wildman–Crippen LogP) is 3.99. The van der Waals surface area contributed by atoms with Crippen molar-refractivity contribution >= 4 is 23.7 Å². The van der Waals surface area contributed by atoms with Gasteiger partial charge < -0.3 is 14.7 Å². The molecule has 8 nitrogen and oxygen atoms in total. The number of anilines is 1. The smallest absolute Gasteiger partial charge is 0.411 e. The van der Waals surface area contributed by atoms with Gasteiger partial charge in [-0.3, -0.25) is 14.9 Å². The highest BCUT2D eigenvalue weighted by molar-refractivity contribution is 5.95. The molecule has 2 aliphatic rings. The maximum Gasteiger partial charge on any atom is 0.411 e. The van der Waals surface area contributed by atoms with Crippen molar-refractivity contribution in [3.8, 4) is 11.1 Å². The van der Waals surface area contributed by atoms with Crippen LogP contribution < -0.4 is 5.32 Å². The molecule has 0 bridgehead atoms. The molecule has 1 fully saturated rings. The number of likely N-dealkylation sites (tertiary alicyclic amines) is 1. The lowest BCUT2D eigenvalue weighted by Gasteiger charge is -2.44. The highest BCUT2D eigenvalue weighted by atomic mass is 16.5. The minimum atomic E-state index is -0.924. The molecule has 0 atom stereocenters. The van der Waals surface area contributed by atoms with Crippen LogP contribution in [-0.2, 0) is 9.53 Å². The van der Waals surface area contributed by atoms with Gasteiger partial charge in [0.1, 0.15) is 17.7 Å². The fraction of sp³-hybridized carbons (Fsp3) is 0.231. The van der Waals surface area contributed by atoms with Crippen LogP contribution in [0.2, 0.25) is 0 Å². The van der Waals surface area contributed by atoms with Crippen LogP contribution in [0.3, 0.4) is 0 Å².